The van der Waals surface area contributed by atoms with Crippen LogP contribution in [0.2, 0.25) is 10.0 Å². The van der Waals surface area contributed by atoms with Crippen molar-refractivity contribution in [2.45, 2.75) is 18.6 Å². The third-order valence-corrected chi connectivity index (χ3v) is 8.75. The van der Waals surface area contributed by atoms with Gasteiger partial charge in [-0.05, 0) is 42.7 Å². The largest absolute Gasteiger partial charge is 0.378 e. The van der Waals surface area contributed by atoms with Gasteiger partial charge in [0.2, 0.25) is 15.9 Å². The highest BCUT2D eigenvalue weighted by molar-refractivity contribution is 7.88. The molecule has 2 aromatic rings. The zero-order valence-electron chi connectivity index (χ0n) is 19.1. The predicted molar refractivity (Wildman–Crippen MR) is 135 cm³/mol. The van der Waals surface area contributed by atoms with E-state index < -0.39 is 15.9 Å². The Kier molecular flexibility index (Phi) is 8.34. The van der Waals surface area contributed by atoms with Crippen LogP contribution in [0.4, 0.5) is 5.69 Å². The molecule has 0 spiro atoms. The number of benzene rings is 2. The normalized spacial score (nSPS) is 19.4. The van der Waals surface area contributed by atoms with Gasteiger partial charge in [-0.3, -0.25) is 9.59 Å². The molecule has 0 bridgehead atoms. The van der Waals surface area contributed by atoms with Crippen molar-refractivity contribution in [2.75, 3.05) is 44.7 Å². The van der Waals surface area contributed by atoms with Crippen LogP contribution in [0.1, 0.15) is 28.8 Å². The molecule has 2 amide bonds. The standard InChI is InChI=1S/C24H27Cl2N3O5S/c25-20-8-7-17(14-21(20)26)16-35(32,33)29-9-3-4-18(15-29)23(30)27-22-6-2-1-5-19(22)24(31)28-10-12-34-13-11-28/h1-2,5-8,14,18H,3-4,9-13,15-16H2,(H,27,30)/t18-/m1/s1. The quantitative estimate of drug-likeness (QED) is 0.604. The number of piperidine rings is 1. The number of ether oxygens (including phenoxy) is 1. The van der Waals surface area contributed by atoms with Gasteiger partial charge >= 0.3 is 0 Å². The number of carbonyl (C=O) groups is 2. The smallest absolute Gasteiger partial charge is 0.256 e. The molecule has 2 aliphatic heterocycles. The highest BCUT2D eigenvalue weighted by Crippen LogP contribution is 2.27. The third-order valence-electron chi connectivity index (χ3n) is 6.20. The summed E-state index contributed by atoms with van der Waals surface area (Å²) in [5.41, 5.74) is 1.36. The molecule has 0 radical (unpaired) electrons. The van der Waals surface area contributed by atoms with Crippen molar-refractivity contribution in [3.05, 3.63) is 63.6 Å². The van der Waals surface area contributed by atoms with Gasteiger partial charge in [-0.1, -0.05) is 41.4 Å². The number of carbonyl (C=O) groups excluding carboxylic acids is 2. The minimum atomic E-state index is -3.66. The molecule has 11 heteroatoms. The number of rotatable bonds is 6. The predicted octanol–water partition coefficient (Wildman–Crippen LogP) is 3.65. The molecule has 0 saturated carbocycles. The van der Waals surface area contributed by atoms with Crippen molar-refractivity contribution in [1.29, 1.82) is 0 Å². The van der Waals surface area contributed by atoms with Gasteiger partial charge in [-0.2, -0.15) is 0 Å². The van der Waals surface area contributed by atoms with E-state index >= 15 is 0 Å². The molecule has 2 aromatic carbocycles. The van der Waals surface area contributed by atoms with Crippen LogP contribution in [0.25, 0.3) is 0 Å². The van der Waals surface area contributed by atoms with Crippen LogP contribution in [0.5, 0.6) is 0 Å². The average Bonchev–Trinajstić information content (AvgIpc) is 2.86. The van der Waals surface area contributed by atoms with E-state index in [1.54, 1.807) is 41.3 Å². The second-order valence-electron chi connectivity index (χ2n) is 8.64. The number of anilines is 1. The molecule has 0 aliphatic carbocycles. The molecule has 0 aromatic heterocycles. The van der Waals surface area contributed by atoms with Gasteiger partial charge in [0.15, 0.2) is 0 Å². The van der Waals surface area contributed by atoms with E-state index in [1.807, 2.05) is 0 Å². The monoisotopic (exact) mass is 539 g/mol. The van der Waals surface area contributed by atoms with Crippen LogP contribution in [0.15, 0.2) is 42.5 Å². The number of para-hydroxylation sites is 1. The van der Waals surface area contributed by atoms with E-state index in [2.05, 4.69) is 5.32 Å². The summed E-state index contributed by atoms with van der Waals surface area (Å²) < 4.78 is 32.8. The second-order valence-corrected chi connectivity index (χ2v) is 11.4. The zero-order chi connectivity index (χ0) is 25.0. The minimum Gasteiger partial charge on any atom is -0.378 e. The highest BCUT2D eigenvalue weighted by Gasteiger charge is 2.33. The number of nitrogens with one attached hydrogen (secondary N) is 1. The van der Waals surface area contributed by atoms with Crippen LogP contribution in [0, 0.1) is 5.92 Å². The fraction of sp³-hybridized carbons (Fsp3) is 0.417. The molecule has 2 fully saturated rings. The second kappa shape index (κ2) is 11.3. The lowest BCUT2D eigenvalue weighted by molar-refractivity contribution is -0.120. The van der Waals surface area contributed by atoms with E-state index in [-0.39, 0.29) is 24.1 Å². The number of hydrogen-bond acceptors (Lipinski definition) is 5. The van der Waals surface area contributed by atoms with Crippen molar-refractivity contribution in [3.8, 4) is 0 Å². The molecule has 0 unspecified atom stereocenters. The molecule has 4 rings (SSSR count). The van der Waals surface area contributed by atoms with Crippen LogP contribution >= 0.6 is 23.2 Å². The Morgan fingerprint density at radius 1 is 1.03 bits per heavy atom. The summed E-state index contributed by atoms with van der Waals surface area (Å²) in [6.07, 6.45) is 1.12. The molecular weight excluding hydrogens is 513 g/mol. The van der Waals surface area contributed by atoms with Crippen LogP contribution in [0.3, 0.4) is 0 Å². The van der Waals surface area contributed by atoms with E-state index in [4.69, 9.17) is 27.9 Å². The topological polar surface area (TPSA) is 96.0 Å². The van der Waals surface area contributed by atoms with Crippen molar-refractivity contribution < 1.29 is 22.7 Å². The lowest BCUT2D eigenvalue weighted by Crippen LogP contribution is -2.44. The van der Waals surface area contributed by atoms with Crippen LogP contribution in [-0.2, 0) is 25.3 Å². The fourth-order valence-corrected chi connectivity index (χ4v) is 6.21. The number of amides is 2. The summed E-state index contributed by atoms with van der Waals surface area (Å²) in [4.78, 5) is 27.8. The Morgan fingerprint density at radius 3 is 2.51 bits per heavy atom. The fourth-order valence-electron chi connectivity index (χ4n) is 4.29. The molecule has 2 heterocycles. The summed E-state index contributed by atoms with van der Waals surface area (Å²) in [6.45, 7) is 2.38. The Labute approximate surface area is 215 Å². The Bertz CT molecular complexity index is 1200. The van der Waals surface area contributed by atoms with E-state index in [1.165, 1.54) is 10.4 Å². The molecule has 8 nitrogen and oxygen atoms in total. The maximum atomic E-state index is 13.1. The molecule has 1 N–H and O–H groups in total. The lowest BCUT2D eigenvalue weighted by atomic mass is 9.98. The van der Waals surface area contributed by atoms with Crippen molar-refractivity contribution >= 4 is 50.7 Å². The van der Waals surface area contributed by atoms with E-state index in [0.29, 0.717) is 72.5 Å². The molecule has 35 heavy (non-hydrogen) atoms. The summed E-state index contributed by atoms with van der Waals surface area (Å²) in [5, 5.41) is 3.51. The third kappa shape index (κ3) is 6.34. The van der Waals surface area contributed by atoms with Gasteiger partial charge in [0.05, 0.1) is 46.2 Å². The van der Waals surface area contributed by atoms with E-state index in [9.17, 15) is 18.0 Å². The van der Waals surface area contributed by atoms with Crippen molar-refractivity contribution in [3.63, 3.8) is 0 Å². The number of nitrogens with zero attached hydrogens (tertiary/aromatic N) is 2. The first-order chi connectivity index (χ1) is 16.7. The van der Waals surface area contributed by atoms with Gasteiger partial charge in [-0.25, -0.2) is 12.7 Å². The van der Waals surface area contributed by atoms with Crippen molar-refractivity contribution in [1.82, 2.24) is 9.21 Å². The van der Waals surface area contributed by atoms with Gasteiger partial charge in [0, 0.05) is 26.2 Å². The molecule has 2 aliphatic rings. The maximum Gasteiger partial charge on any atom is 0.256 e. The first kappa shape index (κ1) is 25.9. The summed E-state index contributed by atoms with van der Waals surface area (Å²) in [5.74, 6) is -1.23. The molecule has 2 saturated heterocycles. The summed E-state index contributed by atoms with van der Waals surface area (Å²) in [6, 6.07) is 11.6. The van der Waals surface area contributed by atoms with E-state index in [0.717, 1.165) is 0 Å². The maximum absolute atomic E-state index is 13.1. The van der Waals surface area contributed by atoms with Crippen LogP contribution in [-0.4, -0.2) is 68.8 Å². The lowest BCUT2D eigenvalue weighted by Gasteiger charge is -2.31. The summed E-state index contributed by atoms with van der Waals surface area (Å²) in [7, 11) is -3.66. The van der Waals surface area contributed by atoms with Gasteiger partial charge in [0.1, 0.15) is 0 Å². The number of halogens is 2. The first-order valence-corrected chi connectivity index (χ1v) is 13.8. The Hall–Kier alpha value is -2.17. The average molecular weight is 540 g/mol. The molecule has 188 valence electrons. The van der Waals surface area contributed by atoms with Crippen molar-refractivity contribution in [2.24, 2.45) is 5.92 Å². The molecular formula is C24H27Cl2N3O5S. The zero-order valence-corrected chi connectivity index (χ0v) is 21.4. The van der Waals surface area contributed by atoms with Crippen LogP contribution < -0.4 is 5.32 Å². The van der Waals surface area contributed by atoms with Gasteiger partial charge < -0.3 is 15.0 Å². The number of sulfonamides is 1. The SMILES string of the molecule is O=C(Nc1ccccc1C(=O)N1CCOCC1)[C@@H]1CCCN(S(=O)(=O)Cc2ccc(Cl)c(Cl)c2)C1. The highest BCUT2D eigenvalue weighted by atomic mass is 35.5. The summed E-state index contributed by atoms with van der Waals surface area (Å²) >= 11 is 12.0. The number of morpholine rings is 1. The Balaban J connectivity index is 1.43. The minimum absolute atomic E-state index is 0.0784. The van der Waals surface area contributed by atoms with Gasteiger partial charge in [-0.15, -0.1) is 0 Å². The van der Waals surface area contributed by atoms with Gasteiger partial charge in [0.25, 0.3) is 5.91 Å². The Morgan fingerprint density at radius 2 is 1.77 bits per heavy atom. The molecule has 1 atom stereocenters. The first-order valence-electron chi connectivity index (χ1n) is 11.4. The number of hydrogen-bond donors (Lipinski definition) is 1.